The maximum Gasteiger partial charge on any atom is 0.136 e. The van der Waals surface area contributed by atoms with Gasteiger partial charge in [-0.1, -0.05) is 38.5 Å². The highest BCUT2D eigenvalue weighted by Gasteiger charge is 2.37. The number of rotatable bonds is 8. The Morgan fingerprint density at radius 1 is 0.636 bits per heavy atom. The highest BCUT2D eigenvalue weighted by Crippen LogP contribution is 2.25. The Labute approximate surface area is 139 Å². The van der Waals surface area contributed by atoms with E-state index in [-0.39, 0.29) is 5.79 Å². The van der Waals surface area contributed by atoms with E-state index in [1.165, 1.54) is 77.0 Å². The standard InChI is InChI=1S/C17H36N4Si/c22-18-13-17(19-14-7-1-2-8-14,20-15-9-3-4-10-15)21-16-11-5-6-12-16/h14-16,18-21H,1-13H2,22H3. The first-order valence-electron chi connectivity index (χ1n) is 9.77. The molecule has 0 aliphatic heterocycles. The van der Waals surface area contributed by atoms with Crippen LogP contribution in [0.25, 0.3) is 0 Å². The second-order valence-corrected chi connectivity index (χ2v) is 8.52. The fourth-order valence-electron chi connectivity index (χ4n) is 4.80. The summed E-state index contributed by atoms with van der Waals surface area (Å²) >= 11 is 0. The molecular formula is C17H36N4Si. The Morgan fingerprint density at radius 2 is 0.955 bits per heavy atom. The molecule has 0 aromatic heterocycles. The lowest BCUT2D eigenvalue weighted by atomic mass is 10.1. The zero-order valence-electron chi connectivity index (χ0n) is 14.4. The second kappa shape index (κ2) is 8.24. The van der Waals surface area contributed by atoms with Gasteiger partial charge in [0.2, 0.25) is 0 Å². The number of hydrogen-bond acceptors (Lipinski definition) is 4. The highest BCUT2D eigenvalue weighted by molar-refractivity contribution is 6.04. The molecule has 3 aliphatic carbocycles. The molecule has 4 nitrogen and oxygen atoms in total. The summed E-state index contributed by atoms with van der Waals surface area (Å²) in [6.07, 6.45) is 16.5. The van der Waals surface area contributed by atoms with Crippen molar-refractivity contribution < 1.29 is 0 Å². The fourth-order valence-corrected chi connectivity index (χ4v) is 5.33. The molecule has 0 atom stereocenters. The van der Waals surface area contributed by atoms with E-state index in [0.717, 1.165) is 16.9 Å². The molecule has 4 N–H and O–H groups in total. The lowest BCUT2D eigenvalue weighted by Gasteiger charge is -2.43. The molecular weight excluding hydrogens is 288 g/mol. The SMILES string of the molecule is [SiH3]NCC(NC1CCCC1)(NC1CCCC1)NC1CCCC1. The first-order valence-corrected chi connectivity index (χ1v) is 10.8. The zero-order chi connectivity index (χ0) is 15.3. The summed E-state index contributed by atoms with van der Waals surface area (Å²) in [5, 5.41) is 12.1. The van der Waals surface area contributed by atoms with Crippen LogP contribution < -0.4 is 20.9 Å². The van der Waals surface area contributed by atoms with Crippen molar-refractivity contribution in [3.05, 3.63) is 0 Å². The van der Waals surface area contributed by atoms with Crippen LogP contribution in [0.1, 0.15) is 77.0 Å². The topological polar surface area (TPSA) is 48.1 Å². The third kappa shape index (κ3) is 4.54. The van der Waals surface area contributed by atoms with Crippen LogP contribution in [0.15, 0.2) is 0 Å². The Hall–Kier alpha value is 0.0569. The fraction of sp³-hybridized carbons (Fsp3) is 1.00. The lowest BCUT2D eigenvalue weighted by Crippen LogP contribution is -2.75. The van der Waals surface area contributed by atoms with Gasteiger partial charge in [-0.3, -0.25) is 16.0 Å². The largest absolute Gasteiger partial charge is 0.341 e. The maximum atomic E-state index is 4.02. The quantitative estimate of drug-likeness (QED) is 0.399. The van der Waals surface area contributed by atoms with E-state index in [4.69, 9.17) is 0 Å². The Balaban J connectivity index is 1.68. The van der Waals surface area contributed by atoms with E-state index < -0.39 is 0 Å². The summed E-state index contributed by atoms with van der Waals surface area (Å²) in [5.41, 5.74) is 0. The molecule has 0 aromatic rings. The van der Waals surface area contributed by atoms with Gasteiger partial charge in [0.05, 0.1) is 10.4 Å². The first kappa shape index (κ1) is 16.9. The molecule has 0 bridgehead atoms. The van der Waals surface area contributed by atoms with Crippen molar-refractivity contribution in [2.45, 2.75) is 101 Å². The molecule has 0 amide bonds. The lowest BCUT2D eigenvalue weighted by molar-refractivity contribution is 0.139. The Bertz CT molecular complexity index is 275. The summed E-state index contributed by atoms with van der Waals surface area (Å²) in [7, 11) is 1.06. The van der Waals surface area contributed by atoms with Gasteiger partial charge < -0.3 is 4.98 Å². The van der Waals surface area contributed by atoms with Crippen molar-refractivity contribution in [3.8, 4) is 0 Å². The molecule has 0 saturated heterocycles. The molecule has 5 heteroatoms. The van der Waals surface area contributed by atoms with E-state index in [1.807, 2.05) is 0 Å². The van der Waals surface area contributed by atoms with Crippen molar-refractivity contribution in [2.75, 3.05) is 6.54 Å². The van der Waals surface area contributed by atoms with Gasteiger partial charge in [-0.15, -0.1) is 0 Å². The molecule has 128 valence electrons. The van der Waals surface area contributed by atoms with Crippen molar-refractivity contribution in [1.82, 2.24) is 20.9 Å². The van der Waals surface area contributed by atoms with Crippen LogP contribution in [0, 0.1) is 0 Å². The average molecular weight is 325 g/mol. The van der Waals surface area contributed by atoms with Gasteiger partial charge in [-0.2, -0.15) is 0 Å². The Morgan fingerprint density at radius 3 is 1.23 bits per heavy atom. The predicted molar refractivity (Wildman–Crippen MR) is 96.8 cm³/mol. The van der Waals surface area contributed by atoms with E-state index in [0.29, 0.717) is 18.1 Å². The monoisotopic (exact) mass is 324 g/mol. The third-order valence-electron chi connectivity index (χ3n) is 5.86. The minimum absolute atomic E-state index is 0.0826. The minimum Gasteiger partial charge on any atom is -0.341 e. The van der Waals surface area contributed by atoms with Gasteiger partial charge in [-0.05, 0) is 38.5 Å². The van der Waals surface area contributed by atoms with Gasteiger partial charge in [0.15, 0.2) is 0 Å². The summed E-state index contributed by atoms with van der Waals surface area (Å²) in [6, 6.07) is 2.08. The number of hydrogen-bond donors (Lipinski definition) is 4. The smallest absolute Gasteiger partial charge is 0.136 e. The van der Waals surface area contributed by atoms with Crippen LogP contribution in [0.4, 0.5) is 0 Å². The molecule has 0 aromatic carbocycles. The Kier molecular flexibility index (Phi) is 6.33. The summed E-state index contributed by atoms with van der Waals surface area (Å²) in [5.74, 6) is -0.0826. The van der Waals surface area contributed by atoms with Crippen molar-refractivity contribution >= 4 is 10.4 Å². The minimum atomic E-state index is -0.0826. The van der Waals surface area contributed by atoms with Gasteiger partial charge >= 0.3 is 0 Å². The molecule has 3 rings (SSSR count). The van der Waals surface area contributed by atoms with E-state index in [9.17, 15) is 0 Å². The predicted octanol–water partition coefficient (Wildman–Crippen LogP) is 1.11. The number of nitrogens with one attached hydrogen (secondary N) is 4. The maximum absolute atomic E-state index is 4.02. The molecule has 3 aliphatic rings. The van der Waals surface area contributed by atoms with Crippen molar-refractivity contribution in [2.24, 2.45) is 0 Å². The van der Waals surface area contributed by atoms with Crippen LogP contribution >= 0.6 is 0 Å². The van der Waals surface area contributed by atoms with Crippen molar-refractivity contribution in [1.29, 1.82) is 0 Å². The summed E-state index contributed by atoms with van der Waals surface area (Å²) in [6.45, 7) is 1.02. The summed E-state index contributed by atoms with van der Waals surface area (Å²) < 4.78 is 0. The van der Waals surface area contributed by atoms with E-state index in [2.05, 4.69) is 20.9 Å². The van der Waals surface area contributed by atoms with Gasteiger partial charge in [-0.25, -0.2) is 0 Å². The molecule has 3 saturated carbocycles. The van der Waals surface area contributed by atoms with Crippen LogP contribution in [0.5, 0.6) is 0 Å². The molecule has 0 unspecified atom stereocenters. The van der Waals surface area contributed by atoms with Crippen molar-refractivity contribution in [3.63, 3.8) is 0 Å². The normalized spacial score (nSPS) is 25.6. The van der Waals surface area contributed by atoms with E-state index >= 15 is 0 Å². The molecule has 22 heavy (non-hydrogen) atoms. The van der Waals surface area contributed by atoms with Crippen LogP contribution in [0.3, 0.4) is 0 Å². The van der Waals surface area contributed by atoms with Gasteiger partial charge in [0.25, 0.3) is 0 Å². The first-order chi connectivity index (χ1) is 10.8. The molecule has 3 fully saturated rings. The highest BCUT2D eigenvalue weighted by atomic mass is 28.2. The van der Waals surface area contributed by atoms with Gasteiger partial charge in [0, 0.05) is 24.7 Å². The zero-order valence-corrected chi connectivity index (χ0v) is 16.4. The molecule has 0 radical (unpaired) electrons. The van der Waals surface area contributed by atoms with Crippen LogP contribution in [-0.2, 0) is 0 Å². The van der Waals surface area contributed by atoms with Gasteiger partial charge in [0.1, 0.15) is 5.79 Å². The van der Waals surface area contributed by atoms with Crippen LogP contribution in [0.2, 0.25) is 0 Å². The molecule has 0 spiro atoms. The third-order valence-corrected chi connectivity index (χ3v) is 6.21. The average Bonchev–Trinajstić information content (AvgIpc) is 3.22. The van der Waals surface area contributed by atoms with Crippen LogP contribution in [-0.4, -0.2) is 40.9 Å². The summed E-state index contributed by atoms with van der Waals surface area (Å²) in [4.78, 5) is 3.58. The van der Waals surface area contributed by atoms with E-state index in [1.54, 1.807) is 0 Å². The second-order valence-electron chi connectivity index (χ2n) is 7.81. The molecule has 0 heterocycles.